The summed E-state index contributed by atoms with van der Waals surface area (Å²) in [6.07, 6.45) is 0.824. The van der Waals surface area contributed by atoms with Crippen LogP contribution in [-0.4, -0.2) is 62.8 Å². The van der Waals surface area contributed by atoms with Crippen LogP contribution in [0.4, 0.5) is 0 Å². The molecule has 1 aromatic heterocycles. The number of aromatic nitrogens is 3. The Morgan fingerprint density at radius 2 is 1.96 bits per heavy atom. The molecule has 3 rings (SSSR count). The number of hydrogen-bond acceptors (Lipinski definition) is 5. The average molecular weight is 345 g/mol. The summed E-state index contributed by atoms with van der Waals surface area (Å²) in [6, 6.07) is 10.5. The van der Waals surface area contributed by atoms with E-state index in [0.717, 1.165) is 45.0 Å². The van der Waals surface area contributed by atoms with E-state index in [1.807, 2.05) is 17.9 Å². The van der Waals surface area contributed by atoms with E-state index in [0.29, 0.717) is 10.9 Å². The number of aromatic amines is 1. The number of nitrogens with zero attached hydrogens (tertiary/aromatic N) is 4. The number of carbonyl (C=O) groups is 1. The number of rotatable bonds is 6. The van der Waals surface area contributed by atoms with E-state index in [9.17, 15) is 4.79 Å². The number of amides is 1. The number of thioether (sulfide) groups is 1. The standard InChI is InChI=1S/C17H23N5OS/c1-2-15-18-17(20-19-15)24-13-16(23)22-10-8-21(9-11-22)12-14-6-4-3-5-7-14/h3-7H,2,8-13H2,1H3,(H,18,19,20). The van der Waals surface area contributed by atoms with E-state index >= 15 is 0 Å². The molecule has 2 heterocycles. The summed E-state index contributed by atoms with van der Waals surface area (Å²) >= 11 is 1.40. The van der Waals surface area contributed by atoms with Crippen molar-refractivity contribution in [3.05, 3.63) is 41.7 Å². The maximum absolute atomic E-state index is 12.3. The predicted molar refractivity (Wildman–Crippen MR) is 94.8 cm³/mol. The smallest absolute Gasteiger partial charge is 0.233 e. The summed E-state index contributed by atoms with van der Waals surface area (Å²) in [6.45, 7) is 6.41. The predicted octanol–water partition coefficient (Wildman–Crippen LogP) is 1.80. The Morgan fingerprint density at radius 1 is 1.21 bits per heavy atom. The fourth-order valence-corrected chi connectivity index (χ4v) is 3.44. The monoisotopic (exact) mass is 345 g/mol. The number of piperazine rings is 1. The highest BCUT2D eigenvalue weighted by Crippen LogP contribution is 2.15. The molecule has 7 heteroatoms. The van der Waals surface area contributed by atoms with Crippen molar-refractivity contribution in [3.63, 3.8) is 0 Å². The van der Waals surface area contributed by atoms with Crippen molar-refractivity contribution in [1.82, 2.24) is 25.0 Å². The second-order valence-electron chi connectivity index (χ2n) is 5.85. The van der Waals surface area contributed by atoms with Crippen molar-refractivity contribution in [1.29, 1.82) is 0 Å². The minimum absolute atomic E-state index is 0.169. The van der Waals surface area contributed by atoms with Gasteiger partial charge in [-0.3, -0.25) is 14.8 Å². The van der Waals surface area contributed by atoms with Crippen molar-refractivity contribution >= 4 is 17.7 Å². The van der Waals surface area contributed by atoms with Gasteiger partial charge in [0.2, 0.25) is 11.1 Å². The number of aryl methyl sites for hydroxylation is 1. The fraction of sp³-hybridized carbons (Fsp3) is 0.471. The molecular formula is C17H23N5OS. The summed E-state index contributed by atoms with van der Waals surface area (Å²) in [4.78, 5) is 21.0. The molecule has 1 aliphatic heterocycles. The molecular weight excluding hydrogens is 322 g/mol. The summed E-state index contributed by atoms with van der Waals surface area (Å²) < 4.78 is 0. The molecule has 0 radical (unpaired) electrons. The minimum atomic E-state index is 0.169. The lowest BCUT2D eigenvalue weighted by Crippen LogP contribution is -2.48. The van der Waals surface area contributed by atoms with E-state index in [-0.39, 0.29) is 5.91 Å². The van der Waals surface area contributed by atoms with Gasteiger partial charge in [-0.2, -0.15) is 0 Å². The van der Waals surface area contributed by atoms with Gasteiger partial charge < -0.3 is 4.90 Å². The molecule has 1 fully saturated rings. The van der Waals surface area contributed by atoms with Gasteiger partial charge in [-0.15, -0.1) is 5.10 Å². The van der Waals surface area contributed by atoms with Crippen LogP contribution in [0.2, 0.25) is 0 Å². The van der Waals surface area contributed by atoms with Crippen LogP contribution in [0.15, 0.2) is 35.5 Å². The Kier molecular flexibility index (Phi) is 5.87. The Hall–Kier alpha value is -1.86. The van der Waals surface area contributed by atoms with Crippen molar-refractivity contribution in [2.75, 3.05) is 31.9 Å². The van der Waals surface area contributed by atoms with Gasteiger partial charge in [0.05, 0.1) is 5.75 Å². The van der Waals surface area contributed by atoms with Gasteiger partial charge in [0, 0.05) is 39.1 Å². The van der Waals surface area contributed by atoms with Gasteiger partial charge in [-0.25, -0.2) is 4.98 Å². The summed E-state index contributed by atoms with van der Waals surface area (Å²) in [5.41, 5.74) is 1.32. The lowest BCUT2D eigenvalue weighted by atomic mass is 10.2. The van der Waals surface area contributed by atoms with Crippen LogP contribution in [-0.2, 0) is 17.8 Å². The molecule has 0 atom stereocenters. The highest BCUT2D eigenvalue weighted by atomic mass is 32.2. The number of nitrogens with one attached hydrogen (secondary N) is 1. The number of hydrogen-bond donors (Lipinski definition) is 1. The van der Waals surface area contributed by atoms with Gasteiger partial charge in [-0.1, -0.05) is 49.0 Å². The summed E-state index contributed by atoms with van der Waals surface area (Å²) in [7, 11) is 0. The highest BCUT2D eigenvalue weighted by molar-refractivity contribution is 7.99. The molecule has 0 bridgehead atoms. The summed E-state index contributed by atoms with van der Waals surface area (Å²) in [5, 5.41) is 7.64. The molecule has 0 unspecified atom stereocenters. The van der Waals surface area contributed by atoms with Crippen molar-refractivity contribution in [2.24, 2.45) is 0 Å². The largest absolute Gasteiger partial charge is 0.339 e. The van der Waals surface area contributed by atoms with E-state index in [1.165, 1.54) is 17.3 Å². The second kappa shape index (κ2) is 8.30. The zero-order valence-corrected chi connectivity index (χ0v) is 14.8. The van der Waals surface area contributed by atoms with Gasteiger partial charge in [0.15, 0.2) is 0 Å². The van der Waals surface area contributed by atoms with Gasteiger partial charge in [0.25, 0.3) is 0 Å². The van der Waals surface area contributed by atoms with Crippen LogP contribution < -0.4 is 0 Å². The second-order valence-corrected chi connectivity index (χ2v) is 6.79. The molecule has 128 valence electrons. The lowest BCUT2D eigenvalue weighted by molar-refractivity contribution is -0.130. The van der Waals surface area contributed by atoms with Crippen molar-refractivity contribution < 1.29 is 4.79 Å². The van der Waals surface area contributed by atoms with E-state index in [1.54, 1.807) is 0 Å². The third-order valence-electron chi connectivity index (χ3n) is 4.14. The molecule has 24 heavy (non-hydrogen) atoms. The van der Waals surface area contributed by atoms with Crippen LogP contribution in [0.1, 0.15) is 18.3 Å². The molecule has 0 aliphatic carbocycles. The van der Waals surface area contributed by atoms with Crippen LogP contribution >= 0.6 is 11.8 Å². The maximum atomic E-state index is 12.3. The number of H-pyrrole nitrogens is 1. The molecule has 1 saturated heterocycles. The molecule has 0 spiro atoms. The first-order valence-corrected chi connectivity index (χ1v) is 9.31. The normalized spacial score (nSPS) is 15.6. The van der Waals surface area contributed by atoms with Crippen LogP contribution in [0, 0.1) is 0 Å². The average Bonchev–Trinajstić information content (AvgIpc) is 3.09. The molecule has 1 aliphatic rings. The maximum Gasteiger partial charge on any atom is 0.233 e. The SMILES string of the molecule is CCc1nc(SCC(=O)N2CCN(Cc3ccccc3)CC2)n[nH]1. The summed E-state index contributed by atoms with van der Waals surface area (Å²) in [5.74, 6) is 1.43. The van der Waals surface area contributed by atoms with E-state index in [4.69, 9.17) is 0 Å². The quantitative estimate of drug-likeness (QED) is 0.809. The zero-order valence-electron chi connectivity index (χ0n) is 13.9. The highest BCUT2D eigenvalue weighted by Gasteiger charge is 2.21. The fourth-order valence-electron chi connectivity index (χ4n) is 2.72. The molecule has 2 aromatic rings. The molecule has 1 amide bonds. The Labute approximate surface area is 146 Å². The first-order chi connectivity index (χ1) is 11.7. The van der Waals surface area contributed by atoms with Crippen molar-refractivity contribution in [2.45, 2.75) is 25.0 Å². The van der Waals surface area contributed by atoms with E-state index < -0.39 is 0 Å². The number of benzene rings is 1. The van der Waals surface area contributed by atoms with Crippen molar-refractivity contribution in [3.8, 4) is 0 Å². The molecule has 1 N–H and O–H groups in total. The topological polar surface area (TPSA) is 65.1 Å². The van der Waals surface area contributed by atoms with Gasteiger partial charge >= 0.3 is 0 Å². The van der Waals surface area contributed by atoms with Crippen LogP contribution in [0.3, 0.4) is 0 Å². The lowest BCUT2D eigenvalue weighted by Gasteiger charge is -2.34. The minimum Gasteiger partial charge on any atom is -0.339 e. The van der Waals surface area contributed by atoms with Crippen LogP contribution in [0.25, 0.3) is 0 Å². The van der Waals surface area contributed by atoms with Crippen LogP contribution in [0.5, 0.6) is 0 Å². The molecule has 0 saturated carbocycles. The van der Waals surface area contributed by atoms with Gasteiger partial charge in [0.1, 0.15) is 5.82 Å². The third-order valence-corrected chi connectivity index (χ3v) is 4.98. The molecule has 6 nitrogen and oxygen atoms in total. The first-order valence-electron chi connectivity index (χ1n) is 8.32. The Balaban J connectivity index is 1.41. The van der Waals surface area contributed by atoms with E-state index in [2.05, 4.69) is 44.3 Å². The van der Waals surface area contributed by atoms with Gasteiger partial charge in [-0.05, 0) is 5.56 Å². The number of carbonyl (C=O) groups excluding carboxylic acids is 1. The Morgan fingerprint density at radius 3 is 2.62 bits per heavy atom. The first kappa shape index (κ1) is 17.0. The third kappa shape index (κ3) is 4.58. The Bertz CT molecular complexity index is 652. The zero-order chi connectivity index (χ0) is 16.8. The molecule has 1 aromatic carbocycles.